The highest BCUT2D eigenvalue weighted by molar-refractivity contribution is 6.07. The van der Waals surface area contributed by atoms with E-state index in [0.717, 1.165) is 17.3 Å². The van der Waals surface area contributed by atoms with E-state index in [1.807, 2.05) is 18.2 Å². The van der Waals surface area contributed by atoms with Gasteiger partial charge >= 0.3 is 5.97 Å². The van der Waals surface area contributed by atoms with Crippen molar-refractivity contribution in [3.8, 4) is 0 Å². The minimum Gasteiger partial charge on any atom is -0.467 e. The van der Waals surface area contributed by atoms with Crippen LogP contribution in [0.4, 0.5) is 0 Å². The quantitative estimate of drug-likeness (QED) is 0.792. The Balaban J connectivity index is 1.99. The van der Waals surface area contributed by atoms with Gasteiger partial charge in [-0.15, -0.1) is 0 Å². The number of rotatable bonds is 2. The summed E-state index contributed by atoms with van der Waals surface area (Å²) in [5, 5.41) is 0.806. The van der Waals surface area contributed by atoms with Crippen LogP contribution in [0.15, 0.2) is 36.5 Å². The summed E-state index contributed by atoms with van der Waals surface area (Å²) in [5.74, 6) is -0.485. The molecule has 1 amide bonds. The highest BCUT2D eigenvalue weighted by Crippen LogP contribution is 2.24. The molecule has 1 aliphatic heterocycles. The van der Waals surface area contributed by atoms with Gasteiger partial charge in [-0.2, -0.15) is 0 Å². The third kappa shape index (κ3) is 2.35. The summed E-state index contributed by atoms with van der Waals surface area (Å²) in [5.41, 5.74) is 1.36. The number of pyridine rings is 1. The van der Waals surface area contributed by atoms with E-state index in [1.165, 1.54) is 7.11 Å². The summed E-state index contributed by atoms with van der Waals surface area (Å²) in [7, 11) is 1.35. The van der Waals surface area contributed by atoms with E-state index in [9.17, 15) is 9.59 Å². The summed E-state index contributed by atoms with van der Waals surface area (Å²) < 4.78 is 4.79. The molecule has 2 heterocycles. The number of benzene rings is 1. The van der Waals surface area contributed by atoms with Crippen LogP contribution >= 0.6 is 0 Å². The van der Waals surface area contributed by atoms with E-state index in [0.29, 0.717) is 18.5 Å². The van der Waals surface area contributed by atoms with Crippen molar-refractivity contribution in [1.82, 2.24) is 9.88 Å². The number of fused-ring (bicyclic) bond motifs is 1. The number of likely N-dealkylation sites (tertiary alicyclic amines) is 1. The van der Waals surface area contributed by atoms with Crippen molar-refractivity contribution in [3.05, 3.63) is 42.1 Å². The zero-order chi connectivity index (χ0) is 14.8. The van der Waals surface area contributed by atoms with Crippen LogP contribution in [0.5, 0.6) is 0 Å². The van der Waals surface area contributed by atoms with Crippen LogP contribution in [0.3, 0.4) is 0 Å². The molecule has 5 heteroatoms. The molecule has 0 aliphatic carbocycles. The van der Waals surface area contributed by atoms with Crippen LogP contribution in [0.1, 0.15) is 23.2 Å². The lowest BCUT2D eigenvalue weighted by Crippen LogP contribution is -2.41. The fourth-order valence-electron chi connectivity index (χ4n) is 2.84. The highest BCUT2D eigenvalue weighted by atomic mass is 16.5. The summed E-state index contributed by atoms with van der Waals surface area (Å²) in [6, 6.07) is 8.66. The molecule has 0 radical (unpaired) electrons. The Labute approximate surface area is 122 Å². The Bertz CT molecular complexity index is 693. The largest absolute Gasteiger partial charge is 0.467 e. The van der Waals surface area contributed by atoms with Crippen molar-refractivity contribution in [2.45, 2.75) is 18.9 Å². The minimum atomic E-state index is -0.477. The van der Waals surface area contributed by atoms with E-state index >= 15 is 0 Å². The molecule has 0 bridgehead atoms. The highest BCUT2D eigenvalue weighted by Gasteiger charge is 2.35. The van der Waals surface area contributed by atoms with Gasteiger partial charge in [0.1, 0.15) is 6.04 Å². The fourth-order valence-corrected chi connectivity index (χ4v) is 2.84. The molecule has 1 atom stereocenters. The summed E-state index contributed by atoms with van der Waals surface area (Å²) >= 11 is 0. The molecule has 1 aromatic carbocycles. The van der Waals surface area contributed by atoms with Crippen molar-refractivity contribution in [1.29, 1.82) is 0 Å². The zero-order valence-electron chi connectivity index (χ0n) is 11.8. The summed E-state index contributed by atoms with van der Waals surface area (Å²) in [6.07, 6.45) is 3.17. The first-order valence-electron chi connectivity index (χ1n) is 6.95. The third-order valence-corrected chi connectivity index (χ3v) is 3.86. The molecule has 5 nitrogen and oxygen atoms in total. The van der Waals surface area contributed by atoms with Gasteiger partial charge in [0.25, 0.3) is 5.91 Å². The van der Waals surface area contributed by atoms with Gasteiger partial charge in [-0.1, -0.05) is 12.1 Å². The van der Waals surface area contributed by atoms with Gasteiger partial charge in [-0.05, 0) is 31.0 Å². The maximum atomic E-state index is 12.8. The standard InChI is InChI=1S/C16H16N2O3/c1-21-16(20)14-8-4-10-18(14)15(19)12-5-2-7-13-11(12)6-3-9-17-13/h2-3,5-7,9,14H,4,8,10H2,1H3. The topological polar surface area (TPSA) is 59.5 Å². The lowest BCUT2D eigenvalue weighted by molar-refractivity contribution is -0.145. The van der Waals surface area contributed by atoms with Crippen LogP contribution in [0.2, 0.25) is 0 Å². The number of nitrogens with zero attached hydrogens (tertiary/aromatic N) is 2. The number of hydrogen-bond donors (Lipinski definition) is 0. The lowest BCUT2D eigenvalue weighted by atomic mass is 10.1. The number of esters is 1. The molecule has 0 spiro atoms. The molecule has 21 heavy (non-hydrogen) atoms. The van der Waals surface area contributed by atoms with E-state index < -0.39 is 6.04 Å². The van der Waals surface area contributed by atoms with Gasteiger partial charge in [-0.3, -0.25) is 9.78 Å². The Hall–Kier alpha value is -2.43. The van der Waals surface area contributed by atoms with Gasteiger partial charge < -0.3 is 9.64 Å². The van der Waals surface area contributed by atoms with Crippen LogP contribution in [0, 0.1) is 0 Å². The first-order chi connectivity index (χ1) is 10.2. The first kappa shape index (κ1) is 13.5. The fraction of sp³-hybridized carbons (Fsp3) is 0.312. The van der Waals surface area contributed by atoms with Crippen molar-refractivity contribution in [2.75, 3.05) is 13.7 Å². The van der Waals surface area contributed by atoms with Gasteiger partial charge in [0.05, 0.1) is 12.6 Å². The Kier molecular flexibility index (Phi) is 3.56. The molecule has 0 N–H and O–H groups in total. The van der Waals surface area contributed by atoms with Gasteiger partial charge in [-0.25, -0.2) is 4.79 Å². The molecular formula is C16H16N2O3. The predicted molar refractivity (Wildman–Crippen MR) is 77.8 cm³/mol. The zero-order valence-corrected chi connectivity index (χ0v) is 11.8. The second-order valence-corrected chi connectivity index (χ2v) is 5.06. The normalized spacial score (nSPS) is 18.0. The molecule has 1 fully saturated rings. The second kappa shape index (κ2) is 5.52. The number of carbonyl (C=O) groups excluding carboxylic acids is 2. The van der Waals surface area contributed by atoms with E-state index in [1.54, 1.807) is 23.2 Å². The predicted octanol–water partition coefficient (Wildman–Crippen LogP) is 2.01. The smallest absolute Gasteiger partial charge is 0.328 e. The van der Waals surface area contributed by atoms with Gasteiger partial charge in [0, 0.05) is 23.7 Å². The maximum absolute atomic E-state index is 12.8. The molecule has 108 valence electrons. The van der Waals surface area contributed by atoms with Crippen LogP contribution in [-0.4, -0.2) is 41.5 Å². The van der Waals surface area contributed by atoms with E-state index in [-0.39, 0.29) is 11.9 Å². The van der Waals surface area contributed by atoms with Crippen LogP contribution < -0.4 is 0 Å². The maximum Gasteiger partial charge on any atom is 0.328 e. The number of methoxy groups -OCH3 is 1. The third-order valence-electron chi connectivity index (χ3n) is 3.86. The van der Waals surface area contributed by atoms with Crippen molar-refractivity contribution < 1.29 is 14.3 Å². The molecule has 1 aromatic heterocycles. The molecule has 3 rings (SSSR count). The number of carbonyl (C=O) groups is 2. The lowest BCUT2D eigenvalue weighted by Gasteiger charge is -2.23. The SMILES string of the molecule is COC(=O)C1CCCN1C(=O)c1cccc2ncccc12. The number of amides is 1. The molecule has 1 unspecified atom stereocenters. The number of hydrogen-bond acceptors (Lipinski definition) is 4. The Morgan fingerprint density at radius 1 is 1.29 bits per heavy atom. The van der Waals surface area contributed by atoms with Gasteiger partial charge in [0.2, 0.25) is 0 Å². The Morgan fingerprint density at radius 3 is 2.95 bits per heavy atom. The summed E-state index contributed by atoms with van der Waals surface area (Å²) in [6.45, 7) is 0.579. The monoisotopic (exact) mass is 284 g/mol. The minimum absolute atomic E-state index is 0.137. The van der Waals surface area contributed by atoms with Gasteiger partial charge in [0.15, 0.2) is 0 Å². The number of ether oxygens (including phenoxy) is 1. The molecule has 0 saturated carbocycles. The first-order valence-corrected chi connectivity index (χ1v) is 6.95. The molecule has 1 saturated heterocycles. The molecule has 1 aliphatic rings. The Morgan fingerprint density at radius 2 is 2.14 bits per heavy atom. The van der Waals surface area contributed by atoms with Crippen molar-refractivity contribution in [3.63, 3.8) is 0 Å². The van der Waals surface area contributed by atoms with E-state index in [2.05, 4.69) is 4.98 Å². The molecular weight excluding hydrogens is 268 g/mol. The number of aromatic nitrogens is 1. The van der Waals surface area contributed by atoms with E-state index in [4.69, 9.17) is 4.74 Å². The van der Waals surface area contributed by atoms with Crippen molar-refractivity contribution >= 4 is 22.8 Å². The second-order valence-electron chi connectivity index (χ2n) is 5.06. The molecule has 2 aromatic rings. The average molecular weight is 284 g/mol. The average Bonchev–Trinajstić information content (AvgIpc) is 3.02. The van der Waals surface area contributed by atoms with Crippen LogP contribution in [-0.2, 0) is 9.53 Å². The summed E-state index contributed by atoms with van der Waals surface area (Å²) in [4.78, 5) is 30.4. The van der Waals surface area contributed by atoms with Crippen molar-refractivity contribution in [2.24, 2.45) is 0 Å². The van der Waals surface area contributed by atoms with Crippen LogP contribution in [0.25, 0.3) is 10.9 Å².